The Hall–Kier alpha value is -2.19. The molecule has 1 aromatic heterocycles. The van der Waals surface area contributed by atoms with Crippen molar-refractivity contribution in [1.82, 2.24) is 4.72 Å². The van der Waals surface area contributed by atoms with E-state index >= 15 is 0 Å². The second kappa shape index (κ2) is 9.34. The van der Waals surface area contributed by atoms with Crippen molar-refractivity contribution < 1.29 is 18.3 Å². The summed E-state index contributed by atoms with van der Waals surface area (Å²) in [5.41, 5.74) is 1.76. The molecule has 1 atom stereocenters. The molecule has 0 fully saturated rings. The van der Waals surface area contributed by atoms with Gasteiger partial charge in [0.05, 0.1) is 12.9 Å². The van der Waals surface area contributed by atoms with Crippen LogP contribution >= 0.6 is 11.3 Å². The molecular weight excluding hydrogens is 394 g/mol. The zero-order chi connectivity index (χ0) is 20.0. The molecule has 0 saturated carbocycles. The molecule has 0 aliphatic rings. The fourth-order valence-electron chi connectivity index (χ4n) is 2.73. The van der Waals surface area contributed by atoms with E-state index in [0.29, 0.717) is 6.42 Å². The number of aliphatic hydroxyl groups excluding tert-OH is 1. The monoisotopic (exact) mass is 417 g/mol. The van der Waals surface area contributed by atoms with Gasteiger partial charge < -0.3 is 9.84 Å². The average Bonchev–Trinajstić information content (AvgIpc) is 3.20. The molecule has 5 nitrogen and oxygen atoms in total. The van der Waals surface area contributed by atoms with Gasteiger partial charge in [0.25, 0.3) is 0 Å². The van der Waals surface area contributed by atoms with Crippen molar-refractivity contribution in [2.75, 3.05) is 12.9 Å². The lowest BCUT2D eigenvalue weighted by atomic mass is 10.1. The zero-order valence-electron chi connectivity index (χ0n) is 15.5. The summed E-state index contributed by atoms with van der Waals surface area (Å²) in [5, 5.41) is 10.4. The predicted molar refractivity (Wildman–Crippen MR) is 112 cm³/mol. The molecule has 0 radical (unpaired) electrons. The fraction of sp³-hybridized carbons (Fsp3) is 0.238. The van der Waals surface area contributed by atoms with Crippen LogP contribution in [0.2, 0.25) is 0 Å². The van der Waals surface area contributed by atoms with E-state index in [1.165, 1.54) is 11.3 Å². The van der Waals surface area contributed by atoms with Crippen molar-refractivity contribution in [1.29, 1.82) is 0 Å². The summed E-state index contributed by atoms with van der Waals surface area (Å²) >= 11 is 1.40. The molecule has 148 valence electrons. The van der Waals surface area contributed by atoms with Gasteiger partial charge in [-0.15, -0.1) is 11.3 Å². The molecule has 2 aromatic carbocycles. The molecule has 28 heavy (non-hydrogen) atoms. The summed E-state index contributed by atoms with van der Waals surface area (Å²) in [4.78, 5) is 1.65. The largest absolute Gasteiger partial charge is 0.497 e. The maximum atomic E-state index is 12.3. The van der Waals surface area contributed by atoms with Crippen LogP contribution in [-0.4, -0.2) is 26.4 Å². The van der Waals surface area contributed by atoms with Crippen LogP contribution < -0.4 is 9.46 Å². The number of methoxy groups -OCH3 is 1. The Morgan fingerprint density at radius 2 is 1.75 bits per heavy atom. The second-order valence-electron chi connectivity index (χ2n) is 6.36. The molecule has 0 amide bonds. The number of sulfonamides is 1. The van der Waals surface area contributed by atoms with E-state index in [1.54, 1.807) is 7.11 Å². The van der Waals surface area contributed by atoms with Crippen LogP contribution in [0, 0.1) is 0 Å². The molecule has 3 aromatic rings. The first kappa shape index (κ1) is 20.5. The minimum Gasteiger partial charge on any atom is -0.497 e. The Labute approximate surface area is 169 Å². The van der Waals surface area contributed by atoms with Crippen molar-refractivity contribution in [2.24, 2.45) is 0 Å². The van der Waals surface area contributed by atoms with E-state index in [1.807, 2.05) is 66.7 Å². The van der Waals surface area contributed by atoms with Gasteiger partial charge in [-0.25, -0.2) is 13.1 Å². The Kier molecular flexibility index (Phi) is 6.85. The predicted octanol–water partition coefficient (Wildman–Crippen LogP) is 3.50. The first-order chi connectivity index (χ1) is 13.5. The minimum absolute atomic E-state index is 0.0181. The number of aryl methyl sites for hydroxylation is 1. The van der Waals surface area contributed by atoms with Gasteiger partial charge in [0.15, 0.2) is 0 Å². The summed E-state index contributed by atoms with van der Waals surface area (Å²) in [6, 6.07) is 20.4. The maximum Gasteiger partial charge on any atom is 0.212 e. The van der Waals surface area contributed by atoms with Crippen LogP contribution in [0.4, 0.5) is 0 Å². The molecule has 3 rings (SSSR count). The van der Waals surface area contributed by atoms with Gasteiger partial charge in [-0.05, 0) is 41.8 Å². The topological polar surface area (TPSA) is 75.6 Å². The van der Waals surface area contributed by atoms with Crippen LogP contribution in [-0.2, 0) is 23.0 Å². The molecule has 0 bridgehead atoms. The van der Waals surface area contributed by atoms with Gasteiger partial charge >= 0.3 is 0 Å². The van der Waals surface area contributed by atoms with E-state index in [4.69, 9.17) is 4.74 Å². The quantitative estimate of drug-likeness (QED) is 0.559. The number of aliphatic hydroxyl groups is 1. The molecule has 0 spiro atoms. The lowest BCUT2D eigenvalue weighted by molar-refractivity contribution is 0.224. The molecule has 0 saturated heterocycles. The highest BCUT2D eigenvalue weighted by Gasteiger charge is 2.15. The number of rotatable bonds is 9. The van der Waals surface area contributed by atoms with Crippen molar-refractivity contribution >= 4 is 21.4 Å². The van der Waals surface area contributed by atoms with Gasteiger partial charge in [0.1, 0.15) is 11.9 Å². The molecule has 0 unspecified atom stereocenters. The molecule has 1 heterocycles. The summed E-state index contributed by atoms with van der Waals surface area (Å²) in [6.45, 7) is 0.219. The number of ether oxygens (including phenoxy) is 1. The Morgan fingerprint density at radius 3 is 2.43 bits per heavy atom. The van der Waals surface area contributed by atoms with E-state index in [2.05, 4.69) is 4.72 Å². The minimum atomic E-state index is -3.39. The average molecular weight is 418 g/mol. The molecule has 2 N–H and O–H groups in total. The Bertz CT molecular complexity index is 983. The van der Waals surface area contributed by atoms with Crippen molar-refractivity contribution in [3.05, 3.63) is 87.6 Å². The Morgan fingerprint density at radius 1 is 1.04 bits per heavy atom. The lowest BCUT2D eigenvalue weighted by Crippen LogP contribution is -2.26. The summed E-state index contributed by atoms with van der Waals surface area (Å²) in [6.07, 6.45) is -0.270. The van der Waals surface area contributed by atoms with Gasteiger partial charge in [-0.3, -0.25) is 0 Å². The summed E-state index contributed by atoms with van der Waals surface area (Å²) < 4.78 is 32.3. The SMILES string of the molecule is COc1ccc(CCS(=O)(=O)NCc2ccc([C@H](O)c3ccccc3)s2)cc1. The number of benzene rings is 2. The van der Waals surface area contributed by atoms with E-state index in [-0.39, 0.29) is 12.3 Å². The first-order valence-electron chi connectivity index (χ1n) is 8.89. The smallest absolute Gasteiger partial charge is 0.212 e. The molecule has 0 aliphatic heterocycles. The maximum absolute atomic E-state index is 12.3. The van der Waals surface area contributed by atoms with Crippen molar-refractivity contribution in [3.8, 4) is 5.75 Å². The van der Waals surface area contributed by atoms with Crippen molar-refractivity contribution in [3.63, 3.8) is 0 Å². The van der Waals surface area contributed by atoms with Gasteiger partial charge in [0.2, 0.25) is 10.0 Å². The second-order valence-corrected chi connectivity index (χ2v) is 9.48. The molecular formula is C21H23NO4S2. The summed E-state index contributed by atoms with van der Waals surface area (Å²) in [7, 11) is -1.80. The first-order valence-corrected chi connectivity index (χ1v) is 11.4. The van der Waals surface area contributed by atoms with Crippen LogP contribution in [0.25, 0.3) is 0 Å². The third-order valence-electron chi connectivity index (χ3n) is 4.35. The lowest BCUT2D eigenvalue weighted by Gasteiger charge is -2.08. The van der Waals surface area contributed by atoms with Gasteiger partial charge in [-0.2, -0.15) is 0 Å². The highest BCUT2D eigenvalue weighted by molar-refractivity contribution is 7.89. The highest BCUT2D eigenvalue weighted by Crippen LogP contribution is 2.28. The molecule has 0 aliphatic carbocycles. The Balaban J connectivity index is 1.53. The summed E-state index contributed by atoms with van der Waals surface area (Å²) in [5.74, 6) is 0.764. The van der Waals surface area contributed by atoms with E-state index in [9.17, 15) is 13.5 Å². The van der Waals surface area contributed by atoms with Crippen molar-refractivity contribution in [2.45, 2.75) is 19.1 Å². The van der Waals surface area contributed by atoms with Crippen LogP contribution in [0.5, 0.6) is 5.75 Å². The number of hydrogen-bond acceptors (Lipinski definition) is 5. The van der Waals surface area contributed by atoms with E-state index < -0.39 is 16.1 Å². The highest BCUT2D eigenvalue weighted by atomic mass is 32.2. The number of hydrogen-bond donors (Lipinski definition) is 2. The third-order valence-corrected chi connectivity index (χ3v) is 6.82. The molecule has 7 heteroatoms. The van der Waals surface area contributed by atoms with Gasteiger partial charge in [0, 0.05) is 16.3 Å². The number of thiophene rings is 1. The fourth-order valence-corrected chi connectivity index (χ4v) is 4.82. The standard InChI is InChI=1S/C21H23NO4S2/c1-26-18-9-7-16(8-10-18)13-14-28(24,25)22-15-19-11-12-20(27-19)21(23)17-5-3-2-4-6-17/h2-12,21-23H,13-15H2,1H3/t21-/m1/s1. The number of nitrogens with one attached hydrogen (secondary N) is 1. The van der Waals surface area contributed by atoms with Gasteiger partial charge in [-0.1, -0.05) is 42.5 Å². The van der Waals surface area contributed by atoms with E-state index in [0.717, 1.165) is 26.6 Å². The zero-order valence-corrected chi connectivity index (χ0v) is 17.2. The normalized spacial score (nSPS) is 12.6. The van der Waals surface area contributed by atoms with Crippen LogP contribution in [0.15, 0.2) is 66.7 Å². The van der Waals surface area contributed by atoms with Crippen LogP contribution in [0.3, 0.4) is 0 Å². The van der Waals surface area contributed by atoms with Crippen LogP contribution in [0.1, 0.15) is 27.0 Å². The third kappa shape index (κ3) is 5.65.